The molecule has 0 unspecified atom stereocenters. The minimum Gasteiger partial charge on any atom is -0.392 e. The molecule has 2 heterocycles. The second kappa shape index (κ2) is 13.6. The molecule has 6 heteroatoms. The number of carbonyl (C=O) groups is 2. The third-order valence-electron chi connectivity index (χ3n) is 5.24. The number of carbonyl (C=O) groups excluding carboxylic acids is 2. The van der Waals surface area contributed by atoms with E-state index in [4.69, 9.17) is 0 Å². The van der Waals surface area contributed by atoms with Crippen LogP contribution >= 0.6 is 0 Å². The number of Topliss-reactive ketones (excluding diaryl/α,β-unsaturated/α-hetero) is 2. The quantitative estimate of drug-likeness (QED) is 0.681. The zero-order chi connectivity index (χ0) is 21.8. The van der Waals surface area contributed by atoms with Crippen LogP contribution in [-0.4, -0.2) is 69.8 Å². The monoisotopic (exact) mass is 405 g/mol. The van der Waals surface area contributed by atoms with E-state index in [0.29, 0.717) is 19.5 Å². The first-order valence-electron chi connectivity index (χ1n) is 10.9. The zero-order valence-electron chi connectivity index (χ0n) is 18.8. The number of aliphatic hydroxyl groups is 1. The largest absolute Gasteiger partial charge is 0.392 e. The molecule has 164 valence electrons. The van der Waals surface area contributed by atoms with Gasteiger partial charge < -0.3 is 5.11 Å². The van der Waals surface area contributed by atoms with E-state index in [0.717, 1.165) is 31.6 Å². The van der Waals surface area contributed by atoms with Crippen molar-refractivity contribution in [3.63, 3.8) is 0 Å². The van der Waals surface area contributed by atoms with Gasteiger partial charge in [-0.1, -0.05) is 33.3 Å². The summed E-state index contributed by atoms with van der Waals surface area (Å²) in [6.45, 7) is 12.9. The van der Waals surface area contributed by atoms with E-state index in [9.17, 15) is 14.7 Å². The Balaban J connectivity index is 0.00000132. The van der Waals surface area contributed by atoms with E-state index in [2.05, 4.69) is 28.6 Å². The molecular formula is C23H39N3O3. The SMILES string of the molecule is CCC.CC[C@H](C[C@H](O)CN1CCN(Cc2cccnc2)C[C@H]1C(C)=O)C(C)=O. The molecular weight excluding hydrogens is 366 g/mol. The molecule has 1 saturated heterocycles. The first-order valence-corrected chi connectivity index (χ1v) is 10.9. The average molecular weight is 406 g/mol. The number of aromatic nitrogens is 1. The van der Waals surface area contributed by atoms with Crippen LogP contribution in [0.3, 0.4) is 0 Å². The van der Waals surface area contributed by atoms with Gasteiger partial charge in [0.05, 0.1) is 12.1 Å². The topological polar surface area (TPSA) is 73.7 Å². The fourth-order valence-electron chi connectivity index (χ4n) is 3.67. The minimum absolute atomic E-state index is 0.104. The summed E-state index contributed by atoms with van der Waals surface area (Å²) in [4.78, 5) is 32.2. The van der Waals surface area contributed by atoms with Gasteiger partial charge >= 0.3 is 0 Å². The lowest BCUT2D eigenvalue weighted by molar-refractivity contribution is -0.126. The van der Waals surface area contributed by atoms with Crippen LogP contribution in [0.2, 0.25) is 0 Å². The molecule has 0 aromatic carbocycles. The molecule has 29 heavy (non-hydrogen) atoms. The van der Waals surface area contributed by atoms with E-state index >= 15 is 0 Å². The fraction of sp³-hybridized carbons (Fsp3) is 0.696. The Kier molecular flexibility index (Phi) is 11.9. The van der Waals surface area contributed by atoms with Gasteiger partial charge in [0.1, 0.15) is 11.6 Å². The number of pyridine rings is 1. The summed E-state index contributed by atoms with van der Waals surface area (Å²) in [6, 6.07) is 3.75. The molecule has 1 aliphatic rings. The lowest BCUT2D eigenvalue weighted by atomic mass is 9.94. The van der Waals surface area contributed by atoms with E-state index in [1.165, 1.54) is 6.42 Å². The highest BCUT2D eigenvalue weighted by Gasteiger charge is 2.32. The Morgan fingerprint density at radius 2 is 1.93 bits per heavy atom. The van der Waals surface area contributed by atoms with Crippen molar-refractivity contribution in [1.29, 1.82) is 0 Å². The van der Waals surface area contributed by atoms with Crippen molar-refractivity contribution in [2.24, 2.45) is 5.92 Å². The summed E-state index contributed by atoms with van der Waals surface area (Å²) < 4.78 is 0. The number of β-amino-alcohol motifs (C(OH)–C–C–N with tert-alkyl or cyclic N) is 1. The van der Waals surface area contributed by atoms with Gasteiger partial charge in [-0.25, -0.2) is 0 Å². The maximum absolute atomic E-state index is 12.2. The Labute approximate surface area is 176 Å². The number of hydrogen-bond acceptors (Lipinski definition) is 6. The number of rotatable bonds is 9. The predicted octanol–water partition coefficient (Wildman–Crippen LogP) is 2.94. The van der Waals surface area contributed by atoms with Crippen molar-refractivity contribution in [3.05, 3.63) is 30.1 Å². The van der Waals surface area contributed by atoms with Crippen LogP contribution in [-0.2, 0) is 16.1 Å². The summed E-state index contributed by atoms with van der Waals surface area (Å²) in [5, 5.41) is 10.4. The van der Waals surface area contributed by atoms with Gasteiger partial charge in [0.25, 0.3) is 0 Å². The third kappa shape index (κ3) is 9.15. The summed E-state index contributed by atoms with van der Waals surface area (Å²) in [5.74, 6) is 0.135. The van der Waals surface area contributed by atoms with Crippen molar-refractivity contribution in [2.45, 2.75) is 72.6 Å². The van der Waals surface area contributed by atoms with E-state index < -0.39 is 6.10 Å². The molecule has 1 N–H and O–H groups in total. The average Bonchev–Trinajstić information content (AvgIpc) is 2.68. The van der Waals surface area contributed by atoms with Crippen LogP contribution in [0.25, 0.3) is 0 Å². The van der Waals surface area contributed by atoms with E-state index in [1.54, 1.807) is 20.0 Å². The molecule has 0 bridgehead atoms. The van der Waals surface area contributed by atoms with Crippen LogP contribution in [0.15, 0.2) is 24.5 Å². The molecule has 0 saturated carbocycles. The van der Waals surface area contributed by atoms with Crippen molar-refractivity contribution < 1.29 is 14.7 Å². The van der Waals surface area contributed by atoms with Crippen molar-refractivity contribution in [1.82, 2.24) is 14.8 Å². The van der Waals surface area contributed by atoms with Gasteiger partial charge in [-0.05, 0) is 38.3 Å². The molecule has 0 aliphatic carbocycles. The maximum Gasteiger partial charge on any atom is 0.148 e. The molecule has 1 aromatic heterocycles. The predicted molar refractivity (Wildman–Crippen MR) is 117 cm³/mol. The van der Waals surface area contributed by atoms with Crippen molar-refractivity contribution >= 4 is 11.6 Å². The molecule has 3 atom stereocenters. The third-order valence-corrected chi connectivity index (χ3v) is 5.24. The number of aliphatic hydroxyl groups excluding tert-OH is 1. The highest BCUT2D eigenvalue weighted by Crippen LogP contribution is 2.18. The molecule has 0 radical (unpaired) electrons. The summed E-state index contributed by atoms with van der Waals surface area (Å²) in [5.41, 5.74) is 1.13. The molecule has 1 aliphatic heterocycles. The minimum atomic E-state index is -0.587. The summed E-state index contributed by atoms with van der Waals surface area (Å²) >= 11 is 0. The molecule has 2 rings (SSSR count). The summed E-state index contributed by atoms with van der Waals surface area (Å²) in [7, 11) is 0. The zero-order valence-corrected chi connectivity index (χ0v) is 18.8. The van der Waals surface area contributed by atoms with Gasteiger partial charge in [0, 0.05) is 51.0 Å². The number of nitrogens with zero attached hydrogens (tertiary/aromatic N) is 3. The fourth-order valence-corrected chi connectivity index (χ4v) is 3.67. The number of hydrogen-bond donors (Lipinski definition) is 1. The first kappa shape index (κ1) is 25.4. The lowest BCUT2D eigenvalue weighted by Crippen LogP contribution is -2.57. The van der Waals surface area contributed by atoms with Crippen LogP contribution in [0, 0.1) is 5.92 Å². The van der Waals surface area contributed by atoms with E-state index in [1.807, 2.05) is 25.3 Å². The van der Waals surface area contributed by atoms with Crippen LogP contribution in [0.5, 0.6) is 0 Å². The maximum atomic E-state index is 12.2. The molecule has 1 fully saturated rings. The highest BCUT2D eigenvalue weighted by atomic mass is 16.3. The standard InChI is InChI=1S/C20H31N3O3.C3H8/c1-4-18(15(2)24)10-19(26)13-23-9-8-22(14-20(23)16(3)25)12-17-6-5-7-21-11-17;1-3-2/h5-7,11,18-20,26H,4,8-10,12-14H2,1-3H3;3H2,1-2H3/t18-,19+,20+;/m1./s1. The Morgan fingerprint density at radius 1 is 1.24 bits per heavy atom. The van der Waals surface area contributed by atoms with Gasteiger partial charge in [-0.15, -0.1) is 0 Å². The van der Waals surface area contributed by atoms with Crippen LogP contribution < -0.4 is 0 Å². The van der Waals surface area contributed by atoms with Gasteiger partial charge in [-0.3, -0.25) is 24.4 Å². The second-order valence-electron chi connectivity index (χ2n) is 8.03. The van der Waals surface area contributed by atoms with Crippen LogP contribution in [0.4, 0.5) is 0 Å². The molecule has 1 aromatic rings. The van der Waals surface area contributed by atoms with Crippen molar-refractivity contribution in [2.75, 3.05) is 26.2 Å². The number of piperazine rings is 1. The van der Waals surface area contributed by atoms with Gasteiger partial charge in [-0.2, -0.15) is 0 Å². The van der Waals surface area contributed by atoms with Gasteiger partial charge in [0.2, 0.25) is 0 Å². The lowest BCUT2D eigenvalue weighted by Gasteiger charge is -2.41. The normalized spacial score (nSPS) is 19.7. The molecule has 6 nitrogen and oxygen atoms in total. The van der Waals surface area contributed by atoms with E-state index in [-0.39, 0.29) is 23.5 Å². The Hall–Kier alpha value is -1.63. The van der Waals surface area contributed by atoms with Gasteiger partial charge in [0.15, 0.2) is 0 Å². The number of ketones is 2. The smallest absolute Gasteiger partial charge is 0.148 e. The summed E-state index contributed by atoms with van der Waals surface area (Å²) in [6.07, 6.45) is 5.47. The van der Waals surface area contributed by atoms with Crippen LogP contribution in [0.1, 0.15) is 59.4 Å². The molecule has 0 amide bonds. The highest BCUT2D eigenvalue weighted by molar-refractivity contribution is 5.81. The van der Waals surface area contributed by atoms with Crippen molar-refractivity contribution in [3.8, 4) is 0 Å². The Bertz CT molecular complexity index is 609. The Morgan fingerprint density at radius 3 is 2.45 bits per heavy atom. The first-order chi connectivity index (χ1) is 13.8. The second-order valence-corrected chi connectivity index (χ2v) is 8.03. The molecule has 0 spiro atoms.